The minimum atomic E-state index is -7.10. The summed E-state index contributed by atoms with van der Waals surface area (Å²) >= 11 is -7.10. The van der Waals surface area contributed by atoms with Crippen molar-refractivity contribution in [2.75, 3.05) is 13.2 Å². The fraction of sp³-hybridized carbons (Fsp3) is 1.00. The molecule has 0 aromatic carbocycles. The Morgan fingerprint density at radius 2 is 0.651 bits per heavy atom. The van der Waals surface area contributed by atoms with Crippen molar-refractivity contribution >= 4 is 19.2 Å². The Balaban J connectivity index is 6.26. The predicted octanol–water partition coefficient (Wildman–Crippen LogP) is 11.6. The van der Waals surface area contributed by atoms with E-state index in [9.17, 15) is 61.5 Å². The van der Waals surface area contributed by atoms with E-state index in [-0.39, 0.29) is 25.7 Å². The van der Waals surface area contributed by atoms with Gasteiger partial charge in [0, 0.05) is 0 Å². The van der Waals surface area contributed by atoms with Crippen molar-refractivity contribution in [2.45, 2.75) is 149 Å². The topological polar surface area (TPSA) is 18.5 Å². The molecule has 0 saturated heterocycles. The zero-order valence-corrected chi connectivity index (χ0v) is 27.2. The molecule has 2 nitrogen and oxygen atoms in total. The third-order valence-electron chi connectivity index (χ3n) is 6.84. The molecule has 0 amide bonds. The summed E-state index contributed by atoms with van der Waals surface area (Å²) in [6, 6.07) is 0. The molecule has 260 valence electrons. The molecule has 0 saturated carbocycles. The van der Waals surface area contributed by atoms with Gasteiger partial charge in [-0.05, 0) is 0 Å². The van der Waals surface area contributed by atoms with E-state index in [1.807, 2.05) is 13.8 Å². The summed E-state index contributed by atoms with van der Waals surface area (Å²) in [6.45, 7) is 2.20. The Morgan fingerprint density at radius 3 is 0.907 bits per heavy atom. The van der Waals surface area contributed by atoms with E-state index in [0.717, 1.165) is 38.5 Å². The first-order chi connectivity index (χ1) is 19.5. The quantitative estimate of drug-likeness (QED) is 0.0553. The molecular weight excluding hydrogens is 729 g/mol. The maximum absolute atomic E-state index is 14.6. The van der Waals surface area contributed by atoms with Crippen molar-refractivity contribution < 1.29 is 67.6 Å². The van der Waals surface area contributed by atoms with E-state index in [2.05, 4.69) is 0 Å². The molecule has 0 unspecified atom stereocenters. The minimum absolute atomic E-state index is 0.131. The molecule has 0 fully saturated rings. The van der Waals surface area contributed by atoms with E-state index >= 15 is 0 Å². The van der Waals surface area contributed by atoms with Gasteiger partial charge in [0.05, 0.1) is 0 Å². The average molecular weight is 771 g/mol. The third kappa shape index (κ3) is 13.6. The third-order valence-corrected chi connectivity index (χ3v) is 16.6. The molecule has 0 aliphatic rings. The summed E-state index contributed by atoms with van der Waals surface area (Å²) in [4.78, 5) is 0. The molecule has 0 bridgehead atoms. The molecular formula is C26H42F14O2Sn. The fourth-order valence-corrected chi connectivity index (χ4v) is 14.1. The molecule has 43 heavy (non-hydrogen) atoms. The average Bonchev–Trinajstić information content (AvgIpc) is 2.85. The maximum atomic E-state index is 14.6. The van der Waals surface area contributed by atoms with Crippen molar-refractivity contribution in [3.8, 4) is 0 Å². The first kappa shape index (κ1) is 42.7. The summed E-state index contributed by atoms with van der Waals surface area (Å²) in [7, 11) is 0. The van der Waals surface area contributed by atoms with Crippen LogP contribution in [-0.4, -0.2) is 68.5 Å². The van der Waals surface area contributed by atoms with Crippen molar-refractivity contribution in [3.05, 3.63) is 0 Å². The normalized spacial score (nSPS) is 14.5. The summed E-state index contributed by atoms with van der Waals surface area (Å²) in [6.07, 6.45) is -6.00. The van der Waals surface area contributed by atoms with E-state index in [4.69, 9.17) is 6.15 Å². The van der Waals surface area contributed by atoms with Crippen LogP contribution < -0.4 is 0 Å². The molecule has 0 atom stereocenters. The van der Waals surface area contributed by atoms with Crippen molar-refractivity contribution in [1.82, 2.24) is 0 Å². The van der Waals surface area contributed by atoms with Crippen LogP contribution in [0.1, 0.15) is 104 Å². The van der Waals surface area contributed by atoms with Crippen LogP contribution in [-0.2, 0) is 6.15 Å². The molecule has 0 radical (unpaired) electrons. The number of unbranched alkanes of at least 4 members (excludes halogenated alkanes) is 12. The van der Waals surface area contributed by atoms with Gasteiger partial charge >= 0.3 is 249 Å². The standard InChI is InChI=1S/2C9H19O.2C4H2F7.Sn/c2*1-2-3-4-5-6-7-8-9-10;2*1-2(5,6)3(7,8)4(9,10)11;/h2*2-9H2,1H3;2*1H2;/q2*-1;;;+2. The van der Waals surface area contributed by atoms with E-state index < -0.39 is 77.3 Å². The van der Waals surface area contributed by atoms with E-state index in [0.29, 0.717) is 25.7 Å². The Labute approximate surface area is 248 Å². The summed E-state index contributed by atoms with van der Waals surface area (Å²) in [5, 5.41) is 0. The molecule has 0 aliphatic heterocycles. The van der Waals surface area contributed by atoms with Crippen LogP contribution in [0.5, 0.6) is 0 Å². The second kappa shape index (κ2) is 18.2. The van der Waals surface area contributed by atoms with Crippen LogP contribution in [0, 0.1) is 0 Å². The van der Waals surface area contributed by atoms with Gasteiger partial charge in [-0.1, -0.05) is 0 Å². The van der Waals surface area contributed by atoms with E-state index in [1.54, 1.807) is 0 Å². The Bertz CT molecular complexity index is 695. The molecule has 17 heteroatoms. The van der Waals surface area contributed by atoms with Gasteiger partial charge in [-0.25, -0.2) is 0 Å². The molecule has 0 aromatic heterocycles. The number of hydrogen-bond donors (Lipinski definition) is 0. The van der Waals surface area contributed by atoms with Crippen LogP contribution in [0.4, 0.5) is 61.5 Å². The molecule has 0 aliphatic carbocycles. The Morgan fingerprint density at radius 1 is 0.395 bits per heavy atom. The molecule has 0 heterocycles. The second-order valence-corrected chi connectivity index (χ2v) is 19.6. The van der Waals surface area contributed by atoms with Crippen molar-refractivity contribution in [3.63, 3.8) is 0 Å². The van der Waals surface area contributed by atoms with Gasteiger partial charge in [0.25, 0.3) is 0 Å². The zero-order chi connectivity index (χ0) is 33.6. The molecule has 0 N–H and O–H groups in total. The number of hydrogen-bond acceptors (Lipinski definition) is 2. The SMILES string of the molecule is CCCCCCCCC[O][Sn]([CH2]C(F)(F)C(F)(F)C(F)(F)F)([CH2]C(F)(F)C(F)(F)C(F)(F)F)[O]CCCCCCCCC. The summed E-state index contributed by atoms with van der Waals surface area (Å²) in [5.74, 6) is -26.1. The van der Waals surface area contributed by atoms with E-state index in [1.165, 1.54) is 0 Å². The molecule has 0 spiro atoms. The van der Waals surface area contributed by atoms with Gasteiger partial charge in [-0.2, -0.15) is 0 Å². The number of rotatable bonds is 24. The van der Waals surface area contributed by atoms with Gasteiger partial charge in [0.1, 0.15) is 0 Å². The monoisotopic (exact) mass is 772 g/mol. The fourth-order valence-electron chi connectivity index (χ4n) is 4.26. The molecule has 0 rings (SSSR count). The van der Waals surface area contributed by atoms with Crippen LogP contribution in [0.15, 0.2) is 0 Å². The van der Waals surface area contributed by atoms with Gasteiger partial charge in [0.2, 0.25) is 0 Å². The Hall–Kier alpha value is -0.261. The van der Waals surface area contributed by atoms with Crippen LogP contribution in [0.25, 0.3) is 0 Å². The summed E-state index contributed by atoms with van der Waals surface area (Å²) < 4.78 is 195. The van der Waals surface area contributed by atoms with Crippen molar-refractivity contribution in [1.29, 1.82) is 0 Å². The van der Waals surface area contributed by atoms with Gasteiger partial charge < -0.3 is 0 Å². The van der Waals surface area contributed by atoms with Crippen molar-refractivity contribution in [2.24, 2.45) is 0 Å². The second-order valence-electron chi connectivity index (χ2n) is 10.8. The van der Waals surface area contributed by atoms with Crippen LogP contribution in [0.2, 0.25) is 8.87 Å². The van der Waals surface area contributed by atoms with Gasteiger partial charge in [0.15, 0.2) is 0 Å². The molecule has 0 aromatic rings. The van der Waals surface area contributed by atoms with Crippen LogP contribution in [0.3, 0.4) is 0 Å². The number of alkyl halides is 14. The number of halogens is 14. The zero-order valence-electron chi connectivity index (χ0n) is 24.3. The van der Waals surface area contributed by atoms with Crippen LogP contribution >= 0.6 is 0 Å². The van der Waals surface area contributed by atoms with Gasteiger partial charge in [-0.3, -0.25) is 0 Å². The predicted molar refractivity (Wildman–Crippen MR) is 135 cm³/mol. The first-order valence-corrected chi connectivity index (χ1v) is 20.8. The summed E-state index contributed by atoms with van der Waals surface area (Å²) in [5.41, 5.74) is 0. The van der Waals surface area contributed by atoms with Gasteiger partial charge in [-0.15, -0.1) is 0 Å². The first-order valence-electron chi connectivity index (χ1n) is 14.5. The Kier molecular flexibility index (Phi) is 18.1.